The fourth-order valence-corrected chi connectivity index (χ4v) is 3.39. The molecule has 0 saturated carbocycles. The second-order valence-corrected chi connectivity index (χ2v) is 6.82. The van der Waals surface area contributed by atoms with Crippen LogP contribution in [-0.4, -0.2) is 47.8 Å². The summed E-state index contributed by atoms with van der Waals surface area (Å²) in [5, 5.41) is 0. The molecule has 6 heteroatoms. The molecule has 1 saturated heterocycles. The number of piperazine rings is 1. The Morgan fingerprint density at radius 3 is 2.36 bits per heavy atom. The van der Waals surface area contributed by atoms with Crippen LogP contribution in [0.2, 0.25) is 0 Å². The van der Waals surface area contributed by atoms with Gasteiger partial charge in [-0.2, -0.15) is 0 Å². The first-order chi connectivity index (χ1) is 13.7. The zero-order valence-corrected chi connectivity index (χ0v) is 15.5. The van der Waals surface area contributed by atoms with E-state index in [1.807, 2.05) is 47.4 Å². The highest BCUT2D eigenvalue weighted by atomic mass is 16.3. The van der Waals surface area contributed by atoms with Crippen LogP contribution in [0.15, 0.2) is 69.9 Å². The van der Waals surface area contributed by atoms with Crippen molar-refractivity contribution in [3.05, 3.63) is 72.4 Å². The standard InChI is InChI=1S/C22H22N2O4/c25-21(9-7-19-6-8-20(28-19)17-4-2-1-3-5-17)23-11-13-24(14-12-23)22(26)18-10-15-27-16-18/h1-6,8,10,15-16H,7,9,11-14H2. The lowest BCUT2D eigenvalue weighted by Crippen LogP contribution is -2.50. The van der Waals surface area contributed by atoms with Crippen LogP contribution in [0.4, 0.5) is 0 Å². The van der Waals surface area contributed by atoms with Gasteiger partial charge >= 0.3 is 0 Å². The van der Waals surface area contributed by atoms with Crippen LogP contribution >= 0.6 is 0 Å². The van der Waals surface area contributed by atoms with Gasteiger partial charge in [-0.15, -0.1) is 0 Å². The maximum atomic E-state index is 12.5. The third kappa shape index (κ3) is 4.01. The monoisotopic (exact) mass is 378 g/mol. The molecule has 1 aliphatic rings. The fraction of sp³-hybridized carbons (Fsp3) is 0.273. The van der Waals surface area contributed by atoms with E-state index in [-0.39, 0.29) is 11.8 Å². The summed E-state index contributed by atoms with van der Waals surface area (Å²) >= 11 is 0. The molecule has 0 unspecified atom stereocenters. The Morgan fingerprint density at radius 1 is 0.893 bits per heavy atom. The molecule has 0 atom stereocenters. The van der Waals surface area contributed by atoms with Gasteiger partial charge < -0.3 is 18.6 Å². The van der Waals surface area contributed by atoms with Crippen molar-refractivity contribution in [3.8, 4) is 11.3 Å². The highest BCUT2D eigenvalue weighted by molar-refractivity contribution is 5.94. The van der Waals surface area contributed by atoms with Gasteiger partial charge in [0.25, 0.3) is 5.91 Å². The molecule has 28 heavy (non-hydrogen) atoms. The smallest absolute Gasteiger partial charge is 0.257 e. The van der Waals surface area contributed by atoms with Crippen LogP contribution in [0.5, 0.6) is 0 Å². The third-order valence-electron chi connectivity index (χ3n) is 4.99. The SMILES string of the molecule is O=C(CCc1ccc(-c2ccccc2)o1)N1CCN(C(=O)c2ccoc2)CC1. The minimum Gasteiger partial charge on any atom is -0.472 e. The third-order valence-corrected chi connectivity index (χ3v) is 4.99. The second kappa shape index (κ2) is 8.17. The van der Waals surface area contributed by atoms with Gasteiger partial charge in [-0.25, -0.2) is 0 Å². The van der Waals surface area contributed by atoms with Crippen molar-refractivity contribution in [1.29, 1.82) is 0 Å². The number of rotatable bonds is 5. The number of furan rings is 2. The van der Waals surface area contributed by atoms with Gasteiger partial charge in [0.05, 0.1) is 11.8 Å². The summed E-state index contributed by atoms with van der Waals surface area (Å²) < 4.78 is 10.8. The molecule has 0 radical (unpaired) electrons. The lowest BCUT2D eigenvalue weighted by molar-refractivity contribution is -0.132. The molecule has 6 nitrogen and oxygen atoms in total. The Morgan fingerprint density at radius 2 is 1.64 bits per heavy atom. The number of carbonyl (C=O) groups excluding carboxylic acids is 2. The van der Waals surface area contributed by atoms with E-state index in [2.05, 4.69) is 0 Å². The fourth-order valence-electron chi connectivity index (χ4n) is 3.39. The van der Waals surface area contributed by atoms with Crippen LogP contribution in [0.25, 0.3) is 11.3 Å². The number of benzene rings is 1. The number of aryl methyl sites for hydroxylation is 1. The number of amides is 2. The molecule has 1 aromatic carbocycles. The van der Waals surface area contributed by atoms with Gasteiger partial charge in [0, 0.05) is 44.6 Å². The summed E-state index contributed by atoms with van der Waals surface area (Å²) in [7, 11) is 0. The van der Waals surface area contributed by atoms with Crippen LogP contribution in [0.1, 0.15) is 22.5 Å². The second-order valence-electron chi connectivity index (χ2n) is 6.82. The van der Waals surface area contributed by atoms with Crippen molar-refractivity contribution >= 4 is 11.8 Å². The summed E-state index contributed by atoms with van der Waals surface area (Å²) in [4.78, 5) is 28.4. The average molecular weight is 378 g/mol. The number of hydrogen-bond donors (Lipinski definition) is 0. The summed E-state index contributed by atoms with van der Waals surface area (Å²) in [6, 6.07) is 15.4. The van der Waals surface area contributed by atoms with Crippen molar-refractivity contribution < 1.29 is 18.4 Å². The van der Waals surface area contributed by atoms with E-state index < -0.39 is 0 Å². The number of carbonyl (C=O) groups is 2. The van der Waals surface area contributed by atoms with Crippen molar-refractivity contribution in [3.63, 3.8) is 0 Å². The first-order valence-corrected chi connectivity index (χ1v) is 9.44. The van der Waals surface area contributed by atoms with E-state index in [9.17, 15) is 9.59 Å². The number of hydrogen-bond acceptors (Lipinski definition) is 4. The first kappa shape index (κ1) is 18.1. The molecule has 4 rings (SSSR count). The molecule has 0 spiro atoms. The predicted molar refractivity (Wildman–Crippen MR) is 104 cm³/mol. The van der Waals surface area contributed by atoms with Gasteiger partial charge in [0.2, 0.25) is 5.91 Å². The van der Waals surface area contributed by atoms with E-state index in [1.165, 1.54) is 12.5 Å². The van der Waals surface area contributed by atoms with Crippen molar-refractivity contribution in [2.45, 2.75) is 12.8 Å². The van der Waals surface area contributed by atoms with E-state index in [0.717, 1.165) is 17.1 Å². The molecule has 3 heterocycles. The molecule has 1 fully saturated rings. The molecule has 144 valence electrons. The van der Waals surface area contributed by atoms with Crippen LogP contribution < -0.4 is 0 Å². The molecular formula is C22H22N2O4. The van der Waals surface area contributed by atoms with E-state index in [4.69, 9.17) is 8.83 Å². The Bertz CT molecular complexity index is 923. The van der Waals surface area contributed by atoms with Gasteiger partial charge in [-0.1, -0.05) is 30.3 Å². The first-order valence-electron chi connectivity index (χ1n) is 9.44. The molecule has 0 N–H and O–H groups in total. The van der Waals surface area contributed by atoms with Gasteiger partial charge in [0.15, 0.2) is 0 Å². The lowest BCUT2D eigenvalue weighted by atomic mass is 10.2. The Hall–Kier alpha value is -3.28. The van der Waals surface area contributed by atoms with Crippen molar-refractivity contribution in [2.24, 2.45) is 0 Å². The molecular weight excluding hydrogens is 356 g/mol. The van der Waals surface area contributed by atoms with Gasteiger partial charge in [0.1, 0.15) is 17.8 Å². The lowest BCUT2D eigenvalue weighted by Gasteiger charge is -2.34. The molecule has 0 aliphatic carbocycles. The summed E-state index contributed by atoms with van der Waals surface area (Å²) in [6.07, 6.45) is 3.91. The quantitative estimate of drug-likeness (QED) is 0.682. The van der Waals surface area contributed by atoms with Crippen molar-refractivity contribution in [2.75, 3.05) is 26.2 Å². The Labute approximate surface area is 163 Å². The molecule has 1 aliphatic heterocycles. The molecule has 0 bridgehead atoms. The topological polar surface area (TPSA) is 66.9 Å². The molecule has 2 aromatic heterocycles. The largest absolute Gasteiger partial charge is 0.472 e. The summed E-state index contributed by atoms with van der Waals surface area (Å²) in [5.41, 5.74) is 1.57. The average Bonchev–Trinajstić information content (AvgIpc) is 3.44. The van der Waals surface area contributed by atoms with Crippen LogP contribution in [-0.2, 0) is 11.2 Å². The summed E-state index contributed by atoms with van der Waals surface area (Å²) in [5.74, 6) is 1.66. The zero-order chi connectivity index (χ0) is 19.3. The number of nitrogens with zero attached hydrogens (tertiary/aromatic N) is 2. The van der Waals surface area contributed by atoms with Crippen molar-refractivity contribution in [1.82, 2.24) is 9.80 Å². The minimum absolute atomic E-state index is 0.0510. The highest BCUT2D eigenvalue weighted by Crippen LogP contribution is 2.22. The highest BCUT2D eigenvalue weighted by Gasteiger charge is 2.25. The van der Waals surface area contributed by atoms with E-state index >= 15 is 0 Å². The van der Waals surface area contributed by atoms with Gasteiger partial charge in [-0.3, -0.25) is 9.59 Å². The molecule has 2 amide bonds. The zero-order valence-electron chi connectivity index (χ0n) is 15.5. The summed E-state index contributed by atoms with van der Waals surface area (Å²) in [6.45, 7) is 2.18. The van der Waals surface area contributed by atoms with E-state index in [1.54, 1.807) is 11.0 Å². The normalized spacial score (nSPS) is 14.3. The van der Waals surface area contributed by atoms with Gasteiger partial charge in [-0.05, 0) is 18.2 Å². The Balaban J connectivity index is 1.26. The molecule has 3 aromatic rings. The maximum absolute atomic E-state index is 12.5. The maximum Gasteiger partial charge on any atom is 0.257 e. The predicted octanol–water partition coefficient (Wildman–Crippen LogP) is 3.46. The minimum atomic E-state index is -0.0510. The van der Waals surface area contributed by atoms with Crippen LogP contribution in [0.3, 0.4) is 0 Å². The van der Waals surface area contributed by atoms with E-state index in [0.29, 0.717) is 44.6 Å². The Kier molecular flexibility index (Phi) is 5.28. The van der Waals surface area contributed by atoms with Crippen LogP contribution in [0, 0.1) is 0 Å².